The normalized spacial score (nSPS) is 22.3. The molecule has 0 N–H and O–H groups in total. The van der Waals surface area contributed by atoms with Gasteiger partial charge in [-0.2, -0.15) is 14.1 Å². The van der Waals surface area contributed by atoms with E-state index in [2.05, 4.69) is 5.10 Å². The molecule has 2 aromatic rings. The fourth-order valence-electron chi connectivity index (χ4n) is 4.03. The molecule has 1 aliphatic carbocycles. The third-order valence-corrected chi connectivity index (χ3v) is 6.96. The van der Waals surface area contributed by atoms with Gasteiger partial charge in [-0.05, 0) is 25.0 Å². The Balaban J connectivity index is 1.71. The zero-order valence-corrected chi connectivity index (χ0v) is 18.2. The van der Waals surface area contributed by atoms with Crippen LogP contribution in [0.15, 0.2) is 29.2 Å². The number of piperazine rings is 1. The Morgan fingerprint density at radius 2 is 1.72 bits per heavy atom. The first-order valence-corrected chi connectivity index (χ1v) is 12.1. The molecule has 0 spiro atoms. The third-order valence-electron chi connectivity index (χ3n) is 5.66. The van der Waals surface area contributed by atoms with Gasteiger partial charge < -0.3 is 9.64 Å². The maximum Gasteiger partial charge on any atom is 0.316 e. The predicted octanol–water partition coefficient (Wildman–Crippen LogP) is 1.86. The Hall–Kier alpha value is -2.60. The lowest BCUT2D eigenvalue weighted by molar-refractivity contribution is 0.193. The first-order valence-electron chi connectivity index (χ1n) is 10.2. The van der Waals surface area contributed by atoms with E-state index in [4.69, 9.17) is 4.74 Å². The molecule has 0 amide bonds. The lowest BCUT2D eigenvalue weighted by Gasteiger charge is -2.35. The summed E-state index contributed by atoms with van der Waals surface area (Å²) in [7, 11) is -3.34. The molecule has 2 atom stereocenters. The summed E-state index contributed by atoms with van der Waals surface area (Å²) >= 11 is 0. The minimum Gasteiger partial charge on any atom is -0.483 e. The summed E-state index contributed by atoms with van der Waals surface area (Å²) in [5, 5.41) is 4.07. The minimum atomic E-state index is -3.34. The van der Waals surface area contributed by atoms with Crippen LogP contribution >= 0.6 is 0 Å². The number of anilines is 1. The molecule has 1 aliphatic heterocycles. The molecular formula is C20H23F3N4O4S. The average molecular weight is 472 g/mol. The van der Waals surface area contributed by atoms with Crippen LogP contribution < -0.4 is 15.2 Å². The maximum absolute atomic E-state index is 13.7. The lowest BCUT2D eigenvalue weighted by Crippen LogP contribution is -2.49. The summed E-state index contributed by atoms with van der Waals surface area (Å²) < 4.78 is 72.7. The van der Waals surface area contributed by atoms with E-state index >= 15 is 0 Å². The highest BCUT2D eigenvalue weighted by Crippen LogP contribution is 2.31. The highest BCUT2D eigenvalue weighted by atomic mass is 32.2. The number of halogens is 3. The van der Waals surface area contributed by atoms with Crippen molar-refractivity contribution in [2.75, 3.05) is 37.3 Å². The molecule has 2 heterocycles. The van der Waals surface area contributed by atoms with Crippen LogP contribution in [-0.2, 0) is 10.0 Å². The Kier molecular flexibility index (Phi) is 6.17. The van der Waals surface area contributed by atoms with Crippen molar-refractivity contribution in [3.63, 3.8) is 0 Å². The molecule has 1 aromatic carbocycles. The topological polar surface area (TPSA) is 84.7 Å². The summed E-state index contributed by atoms with van der Waals surface area (Å²) in [6.45, 7) is 1.01. The van der Waals surface area contributed by atoms with Crippen molar-refractivity contribution in [1.82, 2.24) is 14.1 Å². The standard InChI is InChI=1S/C20H23F3N4O4S/c1-32(29,30)26-6-4-25(5-7-26)18-12-24-27(16-9-14(22)8-15(23)10-16)20(28)19(18)31-17-3-2-13(21)11-17/h8-10,12-13,17H,2-7,11H2,1H3/t13-,17+/m1/s1. The van der Waals surface area contributed by atoms with Crippen molar-refractivity contribution in [2.45, 2.75) is 31.5 Å². The van der Waals surface area contributed by atoms with Gasteiger partial charge in [0.15, 0.2) is 0 Å². The van der Waals surface area contributed by atoms with Gasteiger partial charge in [0.2, 0.25) is 15.8 Å². The van der Waals surface area contributed by atoms with Crippen LogP contribution in [0.3, 0.4) is 0 Å². The number of aromatic nitrogens is 2. The van der Waals surface area contributed by atoms with Crippen LogP contribution in [0, 0.1) is 11.6 Å². The zero-order chi connectivity index (χ0) is 23.0. The average Bonchev–Trinajstić information content (AvgIpc) is 3.13. The number of hydrogen-bond donors (Lipinski definition) is 0. The summed E-state index contributed by atoms with van der Waals surface area (Å²) in [6, 6.07) is 2.62. The van der Waals surface area contributed by atoms with E-state index in [1.807, 2.05) is 0 Å². The molecule has 8 nitrogen and oxygen atoms in total. The number of ether oxygens (including phenoxy) is 1. The van der Waals surface area contributed by atoms with Crippen LogP contribution in [0.2, 0.25) is 0 Å². The fraction of sp³-hybridized carbons (Fsp3) is 0.500. The van der Waals surface area contributed by atoms with E-state index in [1.165, 1.54) is 10.5 Å². The van der Waals surface area contributed by atoms with Crippen molar-refractivity contribution in [1.29, 1.82) is 0 Å². The Morgan fingerprint density at radius 3 is 2.28 bits per heavy atom. The Bertz CT molecular complexity index is 1150. The molecule has 2 aliphatic rings. The van der Waals surface area contributed by atoms with E-state index in [0.29, 0.717) is 37.7 Å². The van der Waals surface area contributed by atoms with Crippen LogP contribution in [0.5, 0.6) is 5.75 Å². The van der Waals surface area contributed by atoms with E-state index < -0.39 is 39.5 Å². The van der Waals surface area contributed by atoms with Crippen LogP contribution in [0.25, 0.3) is 5.69 Å². The quantitative estimate of drug-likeness (QED) is 0.661. The molecule has 0 unspecified atom stereocenters. The smallest absolute Gasteiger partial charge is 0.316 e. The zero-order valence-electron chi connectivity index (χ0n) is 17.4. The number of alkyl halides is 1. The maximum atomic E-state index is 13.7. The highest BCUT2D eigenvalue weighted by Gasteiger charge is 2.31. The largest absolute Gasteiger partial charge is 0.483 e. The van der Waals surface area contributed by atoms with Crippen LogP contribution in [-0.4, -0.2) is 67.2 Å². The molecular weight excluding hydrogens is 449 g/mol. The second-order valence-corrected chi connectivity index (χ2v) is 9.99. The van der Waals surface area contributed by atoms with E-state index in [0.717, 1.165) is 23.1 Å². The number of benzene rings is 1. The van der Waals surface area contributed by atoms with Crippen molar-refractivity contribution >= 4 is 15.7 Å². The van der Waals surface area contributed by atoms with Crippen molar-refractivity contribution < 1.29 is 26.3 Å². The molecule has 0 bridgehead atoms. The van der Waals surface area contributed by atoms with Crippen molar-refractivity contribution in [2.24, 2.45) is 0 Å². The van der Waals surface area contributed by atoms with Crippen LogP contribution in [0.4, 0.5) is 18.9 Å². The molecule has 0 radical (unpaired) electrons. The second kappa shape index (κ2) is 8.74. The van der Waals surface area contributed by atoms with Gasteiger partial charge in [0.05, 0.1) is 18.1 Å². The number of sulfonamides is 1. The molecule has 32 heavy (non-hydrogen) atoms. The SMILES string of the molecule is CS(=O)(=O)N1CCN(c2cnn(-c3cc(F)cc(F)c3)c(=O)c2O[C@H]2CC[C@@H](F)C2)CC1. The van der Waals surface area contributed by atoms with E-state index in [1.54, 1.807) is 4.90 Å². The van der Waals surface area contributed by atoms with Gasteiger partial charge in [0, 0.05) is 38.7 Å². The molecule has 1 aromatic heterocycles. The summed E-state index contributed by atoms with van der Waals surface area (Å²) in [5.41, 5.74) is -0.514. The van der Waals surface area contributed by atoms with Gasteiger partial charge in [0.1, 0.15) is 29.6 Å². The predicted molar refractivity (Wildman–Crippen MR) is 112 cm³/mol. The van der Waals surface area contributed by atoms with E-state index in [-0.39, 0.29) is 30.9 Å². The van der Waals surface area contributed by atoms with Crippen molar-refractivity contribution in [3.8, 4) is 11.4 Å². The van der Waals surface area contributed by atoms with Gasteiger partial charge in [-0.15, -0.1) is 0 Å². The van der Waals surface area contributed by atoms with Gasteiger partial charge in [-0.25, -0.2) is 21.6 Å². The molecule has 12 heteroatoms. The van der Waals surface area contributed by atoms with Crippen LogP contribution in [0.1, 0.15) is 19.3 Å². The Morgan fingerprint density at radius 1 is 1.06 bits per heavy atom. The molecule has 2 fully saturated rings. The van der Waals surface area contributed by atoms with Gasteiger partial charge in [-0.1, -0.05) is 0 Å². The molecule has 174 valence electrons. The summed E-state index contributed by atoms with van der Waals surface area (Å²) in [6.07, 6.45) is 1.82. The number of rotatable bonds is 5. The monoisotopic (exact) mass is 472 g/mol. The number of hydrogen-bond acceptors (Lipinski definition) is 6. The Labute approximate surface area is 183 Å². The molecule has 1 saturated carbocycles. The van der Waals surface area contributed by atoms with E-state index in [9.17, 15) is 26.4 Å². The van der Waals surface area contributed by atoms with Crippen molar-refractivity contribution in [3.05, 3.63) is 46.4 Å². The first-order chi connectivity index (χ1) is 15.1. The fourth-order valence-corrected chi connectivity index (χ4v) is 4.86. The summed E-state index contributed by atoms with van der Waals surface area (Å²) in [4.78, 5) is 15.0. The molecule has 4 rings (SSSR count). The lowest BCUT2D eigenvalue weighted by atomic mass is 10.2. The van der Waals surface area contributed by atoms with Gasteiger partial charge in [-0.3, -0.25) is 4.79 Å². The summed E-state index contributed by atoms with van der Waals surface area (Å²) in [5.74, 6) is -1.84. The number of nitrogens with zero attached hydrogens (tertiary/aromatic N) is 4. The molecule has 1 saturated heterocycles. The first kappa shape index (κ1) is 22.6. The third kappa shape index (κ3) is 4.75. The van der Waals surface area contributed by atoms with Gasteiger partial charge >= 0.3 is 5.56 Å². The highest BCUT2D eigenvalue weighted by molar-refractivity contribution is 7.88. The minimum absolute atomic E-state index is 0.100. The second-order valence-electron chi connectivity index (χ2n) is 8.00. The van der Waals surface area contributed by atoms with Gasteiger partial charge in [0.25, 0.3) is 0 Å².